The highest BCUT2D eigenvalue weighted by Gasteiger charge is 2.27. The Bertz CT molecular complexity index is 924. The van der Waals surface area contributed by atoms with Gasteiger partial charge in [-0.2, -0.15) is 0 Å². The zero-order valence-electron chi connectivity index (χ0n) is 16.0. The van der Waals surface area contributed by atoms with Crippen LogP contribution in [0.1, 0.15) is 28.1 Å². The van der Waals surface area contributed by atoms with Crippen LogP contribution in [0, 0.1) is 6.92 Å². The number of hydrogen-bond donors (Lipinski definition) is 0. The Morgan fingerprint density at radius 3 is 2.71 bits per heavy atom. The Hall–Kier alpha value is -2.99. The molecule has 0 radical (unpaired) electrons. The fraction of sp³-hybridized carbons (Fsp3) is 0.318. The van der Waals surface area contributed by atoms with E-state index in [2.05, 4.69) is 21.1 Å². The smallest absolute Gasteiger partial charge is 0.259 e. The van der Waals surface area contributed by atoms with Gasteiger partial charge in [-0.25, -0.2) is 0 Å². The van der Waals surface area contributed by atoms with Crippen molar-refractivity contribution in [2.75, 3.05) is 26.2 Å². The van der Waals surface area contributed by atoms with Crippen LogP contribution in [0.4, 0.5) is 0 Å². The van der Waals surface area contributed by atoms with Gasteiger partial charge in [-0.1, -0.05) is 41.6 Å². The summed E-state index contributed by atoms with van der Waals surface area (Å²) in [5.41, 5.74) is 3.30. The van der Waals surface area contributed by atoms with Crippen molar-refractivity contribution < 1.29 is 9.32 Å². The molecule has 0 aliphatic carbocycles. The monoisotopic (exact) mass is 376 g/mol. The van der Waals surface area contributed by atoms with Crippen LogP contribution in [-0.2, 0) is 6.54 Å². The molecular weight excluding hydrogens is 352 g/mol. The number of rotatable bonds is 4. The highest BCUT2D eigenvalue weighted by Crippen LogP contribution is 2.26. The largest absolute Gasteiger partial charge is 0.360 e. The van der Waals surface area contributed by atoms with Gasteiger partial charge in [-0.3, -0.25) is 14.7 Å². The van der Waals surface area contributed by atoms with Gasteiger partial charge in [0.25, 0.3) is 5.91 Å². The second kappa shape index (κ2) is 8.35. The minimum Gasteiger partial charge on any atom is -0.360 e. The first-order chi connectivity index (χ1) is 13.7. The van der Waals surface area contributed by atoms with Gasteiger partial charge in [0, 0.05) is 50.7 Å². The standard InChI is InChI=1S/C22H24N4O2/c1-17-20(21(24-28-17)19-8-3-2-4-9-19)22(27)26-12-6-11-25(13-14-26)16-18-7-5-10-23-15-18/h2-5,7-10,15H,6,11-14,16H2,1H3. The lowest BCUT2D eigenvalue weighted by atomic mass is 10.1. The third-order valence-corrected chi connectivity index (χ3v) is 5.13. The first-order valence-corrected chi connectivity index (χ1v) is 9.64. The molecule has 1 saturated heterocycles. The van der Waals surface area contributed by atoms with Crippen molar-refractivity contribution in [3.8, 4) is 11.3 Å². The number of carbonyl (C=O) groups excluding carboxylic acids is 1. The lowest BCUT2D eigenvalue weighted by molar-refractivity contribution is 0.0760. The minimum absolute atomic E-state index is 0.000769. The zero-order valence-corrected chi connectivity index (χ0v) is 16.0. The molecule has 0 atom stereocenters. The minimum atomic E-state index is 0.000769. The number of aryl methyl sites for hydroxylation is 1. The fourth-order valence-corrected chi connectivity index (χ4v) is 3.66. The third kappa shape index (κ3) is 3.97. The number of hydrogen-bond acceptors (Lipinski definition) is 5. The maximum atomic E-state index is 13.3. The number of nitrogens with zero attached hydrogens (tertiary/aromatic N) is 4. The van der Waals surface area contributed by atoms with E-state index in [9.17, 15) is 4.79 Å². The Balaban J connectivity index is 1.48. The van der Waals surface area contributed by atoms with E-state index in [0.29, 0.717) is 23.6 Å². The summed E-state index contributed by atoms with van der Waals surface area (Å²) in [6.45, 7) is 5.90. The summed E-state index contributed by atoms with van der Waals surface area (Å²) in [5.74, 6) is 0.571. The van der Waals surface area contributed by atoms with E-state index in [0.717, 1.165) is 38.2 Å². The summed E-state index contributed by atoms with van der Waals surface area (Å²) in [6, 6.07) is 13.8. The summed E-state index contributed by atoms with van der Waals surface area (Å²) in [6.07, 6.45) is 4.63. The molecule has 6 heteroatoms. The van der Waals surface area contributed by atoms with Crippen LogP contribution < -0.4 is 0 Å². The Morgan fingerprint density at radius 2 is 1.93 bits per heavy atom. The van der Waals surface area contributed by atoms with Gasteiger partial charge in [0.2, 0.25) is 0 Å². The molecule has 0 bridgehead atoms. The number of pyridine rings is 1. The molecule has 28 heavy (non-hydrogen) atoms. The number of benzene rings is 1. The van der Waals surface area contributed by atoms with E-state index < -0.39 is 0 Å². The maximum absolute atomic E-state index is 13.3. The van der Waals surface area contributed by atoms with Crippen LogP contribution in [0.25, 0.3) is 11.3 Å². The van der Waals surface area contributed by atoms with E-state index >= 15 is 0 Å². The second-order valence-corrected chi connectivity index (χ2v) is 7.11. The van der Waals surface area contributed by atoms with Gasteiger partial charge in [-0.15, -0.1) is 0 Å². The van der Waals surface area contributed by atoms with E-state index in [1.807, 2.05) is 47.5 Å². The second-order valence-electron chi connectivity index (χ2n) is 7.11. The van der Waals surface area contributed by atoms with Crippen molar-refractivity contribution in [3.63, 3.8) is 0 Å². The van der Waals surface area contributed by atoms with Gasteiger partial charge in [0.15, 0.2) is 0 Å². The molecule has 2 aromatic heterocycles. The Morgan fingerprint density at radius 1 is 1.07 bits per heavy atom. The van der Waals surface area contributed by atoms with Crippen LogP contribution in [0.15, 0.2) is 59.4 Å². The first-order valence-electron chi connectivity index (χ1n) is 9.64. The van der Waals surface area contributed by atoms with Gasteiger partial charge in [0.05, 0.1) is 0 Å². The molecule has 3 heterocycles. The van der Waals surface area contributed by atoms with Crippen LogP contribution in [0.3, 0.4) is 0 Å². The highest BCUT2D eigenvalue weighted by molar-refractivity contribution is 6.00. The topological polar surface area (TPSA) is 62.5 Å². The SMILES string of the molecule is Cc1onc(-c2ccccc2)c1C(=O)N1CCCN(Cc2cccnc2)CC1. The highest BCUT2D eigenvalue weighted by atomic mass is 16.5. The predicted octanol–water partition coefficient (Wildman–Crippen LogP) is 3.39. The summed E-state index contributed by atoms with van der Waals surface area (Å²) in [4.78, 5) is 21.8. The van der Waals surface area contributed by atoms with Crippen molar-refractivity contribution in [2.24, 2.45) is 0 Å². The normalized spacial score (nSPS) is 15.4. The average Bonchev–Trinajstić information content (AvgIpc) is 2.96. The third-order valence-electron chi connectivity index (χ3n) is 5.13. The molecule has 6 nitrogen and oxygen atoms in total. The summed E-state index contributed by atoms with van der Waals surface area (Å²) >= 11 is 0. The summed E-state index contributed by atoms with van der Waals surface area (Å²) in [5, 5.41) is 4.16. The molecule has 1 aliphatic heterocycles. The zero-order chi connectivity index (χ0) is 19.3. The van der Waals surface area contributed by atoms with Crippen molar-refractivity contribution in [3.05, 3.63) is 71.7 Å². The van der Waals surface area contributed by atoms with E-state index in [1.54, 1.807) is 13.1 Å². The summed E-state index contributed by atoms with van der Waals surface area (Å²) < 4.78 is 5.38. The van der Waals surface area contributed by atoms with Crippen molar-refractivity contribution in [2.45, 2.75) is 19.9 Å². The van der Waals surface area contributed by atoms with Crippen molar-refractivity contribution in [1.82, 2.24) is 19.9 Å². The quantitative estimate of drug-likeness (QED) is 0.698. The van der Waals surface area contributed by atoms with E-state index in [1.165, 1.54) is 5.56 Å². The van der Waals surface area contributed by atoms with Gasteiger partial charge >= 0.3 is 0 Å². The van der Waals surface area contributed by atoms with Gasteiger partial charge < -0.3 is 9.42 Å². The molecule has 0 spiro atoms. The molecular formula is C22H24N4O2. The molecule has 144 valence electrons. The molecule has 1 amide bonds. The lowest BCUT2D eigenvalue weighted by Crippen LogP contribution is -2.35. The van der Waals surface area contributed by atoms with Crippen LogP contribution in [0.5, 0.6) is 0 Å². The van der Waals surface area contributed by atoms with E-state index in [-0.39, 0.29) is 5.91 Å². The van der Waals surface area contributed by atoms with Crippen LogP contribution >= 0.6 is 0 Å². The molecule has 0 N–H and O–H groups in total. The average molecular weight is 376 g/mol. The Kier molecular flexibility index (Phi) is 5.48. The van der Waals surface area contributed by atoms with Crippen molar-refractivity contribution >= 4 is 5.91 Å². The first kappa shape index (κ1) is 18.4. The number of aromatic nitrogens is 2. The molecule has 3 aromatic rings. The van der Waals surface area contributed by atoms with Crippen LogP contribution in [0.2, 0.25) is 0 Å². The predicted molar refractivity (Wildman–Crippen MR) is 107 cm³/mol. The molecule has 1 aromatic carbocycles. The number of carbonyl (C=O) groups is 1. The molecule has 1 fully saturated rings. The lowest BCUT2D eigenvalue weighted by Gasteiger charge is -2.22. The molecule has 1 aliphatic rings. The number of amides is 1. The van der Waals surface area contributed by atoms with E-state index in [4.69, 9.17) is 4.52 Å². The van der Waals surface area contributed by atoms with Crippen LogP contribution in [-0.4, -0.2) is 52.0 Å². The molecule has 0 unspecified atom stereocenters. The molecule has 0 saturated carbocycles. The van der Waals surface area contributed by atoms with Gasteiger partial charge in [-0.05, 0) is 25.0 Å². The fourth-order valence-electron chi connectivity index (χ4n) is 3.66. The van der Waals surface area contributed by atoms with Gasteiger partial charge in [0.1, 0.15) is 17.0 Å². The molecule has 4 rings (SSSR count). The van der Waals surface area contributed by atoms with Crippen molar-refractivity contribution in [1.29, 1.82) is 0 Å². The summed E-state index contributed by atoms with van der Waals surface area (Å²) in [7, 11) is 0. The maximum Gasteiger partial charge on any atom is 0.259 e. The Labute approximate surface area is 164 Å².